The van der Waals surface area contributed by atoms with Gasteiger partial charge in [-0.1, -0.05) is 13.8 Å². The summed E-state index contributed by atoms with van der Waals surface area (Å²) < 4.78 is 15.7. The van der Waals surface area contributed by atoms with E-state index in [4.69, 9.17) is 14.2 Å². The van der Waals surface area contributed by atoms with Gasteiger partial charge >= 0.3 is 5.97 Å². The zero-order valence-electron chi connectivity index (χ0n) is 10.9. The van der Waals surface area contributed by atoms with Crippen molar-refractivity contribution < 1.29 is 28.6 Å². The molecule has 0 aliphatic carbocycles. The summed E-state index contributed by atoms with van der Waals surface area (Å²) in [7, 11) is 1.31. The van der Waals surface area contributed by atoms with Crippen molar-refractivity contribution >= 4 is 18.5 Å². The van der Waals surface area contributed by atoms with Crippen LogP contribution in [0.3, 0.4) is 0 Å². The van der Waals surface area contributed by atoms with Gasteiger partial charge in [-0.25, -0.2) is 0 Å². The van der Waals surface area contributed by atoms with E-state index in [1.807, 2.05) is 0 Å². The summed E-state index contributed by atoms with van der Waals surface area (Å²) in [4.78, 5) is 33.3. The topological polar surface area (TPSA) is 78.9 Å². The molecule has 1 aliphatic heterocycles. The number of carbonyl (C=O) groups excluding carboxylic acids is 3. The van der Waals surface area contributed by atoms with Crippen molar-refractivity contribution in [3.63, 3.8) is 0 Å². The summed E-state index contributed by atoms with van der Waals surface area (Å²) in [5.74, 6) is -2.88. The molecule has 0 N–H and O–H groups in total. The Bertz CT molecular complexity index is 341. The molecule has 18 heavy (non-hydrogen) atoms. The Labute approximate surface area is 106 Å². The molecule has 0 spiro atoms. The van der Waals surface area contributed by atoms with Crippen LogP contribution in [0.4, 0.5) is 0 Å². The van der Waals surface area contributed by atoms with Crippen molar-refractivity contribution in [2.45, 2.75) is 38.8 Å². The normalized spacial score (nSPS) is 40.0. The average Bonchev–Trinajstić information content (AvgIpc) is 2.35. The number of hydrogen-bond acceptors (Lipinski definition) is 6. The molecule has 1 aliphatic rings. The Balaban J connectivity index is 3.09. The van der Waals surface area contributed by atoms with Crippen LogP contribution in [0.25, 0.3) is 0 Å². The van der Waals surface area contributed by atoms with Gasteiger partial charge in [-0.2, -0.15) is 0 Å². The maximum absolute atomic E-state index is 11.2. The van der Waals surface area contributed by atoms with Crippen LogP contribution < -0.4 is 0 Å². The Morgan fingerprint density at radius 3 is 2.33 bits per heavy atom. The van der Waals surface area contributed by atoms with Crippen LogP contribution in [0, 0.1) is 11.8 Å². The first-order valence-corrected chi connectivity index (χ1v) is 5.73. The number of ether oxygens (including phenoxy) is 3. The molecule has 0 radical (unpaired) electrons. The van der Waals surface area contributed by atoms with Crippen LogP contribution in [0.2, 0.25) is 0 Å². The van der Waals surface area contributed by atoms with E-state index in [1.165, 1.54) is 14.0 Å². The molecule has 0 aromatic heterocycles. The van der Waals surface area contributed by atoms with E-state index in [0.717, 1.165) is 0 Å². The summed E-state index contributed by atoms with van der Waals surface area (Å²) in [5, 5.41) is 0. The molecule has 102 valence electrons. The van der Waals surface area contributed by atoms with Gasteiger partial charge in [0.15, 0.2) is 6.29 Å². The van der Waals surface area contributed by atoms with E-state index in [-0.39, 0.29) is 5.92 Å². The lowest BCUT2D eigenvalue weighted by Crippen LogP contribution is -2.60. The molecule has 0 aromatic rings. The third-order valence-corrected chi connectivity index (χ3v) is 3.40. The smallest absolute Gasteiger partial charge is 0.302 e. The second kappa shape index (κ2) is 5.58. The van der Waals surface area contributed by atoms with Crippen molar-refractivity contribution in [1.29, 1.82) is 0 Å². The van der Waals surface area contributed by atoms with Gasteiger partial charge < -0.3 is 19.0 Å². The molecular formula is C12H18O6. The molecule has 1 heterocycles. The second-order valence-corrected chi connectivity index (χ2v) is 4.48. The molecule has 1 fully saturated rings. The predicted molar refractivity (Wildman–Crippen MR) is 60.6 cm³/mol. The minimum Gasteiger partial charge on any atom is -0.462 e. The maximum atomic E-state index is 11.2. The highest BCUT2D eigenvalue weighted by atomic mass is 16.7. The second-order valence-electron chi connectivity index (χ2n) is 4.48. The van der Waals surface area contributed by atoms with E-state index >= 15 is 0 Å². The Morgan fingerprint density at radius 2 is 1.94 bits per heavy atom. The highest BCUT2D eigenvalue weighted by Gasteiger charge is 2.53. The van der Waals surface area contributed by atoms with Gasteiger partial charge in [-0.3, -0.25) is 9.59 Å². The van der Waals surface area contributed by atoms with Crippen molar-refractivity contribution in [2.24, 2.45) is 11.8 Å². The largest absolute Gasteiger partial charge is 0.462 e. The predicted octanol–water partition coefficient (Wildman–Crippen LogP) is 0.330. The number of methoxy groups -OCH3 is 1. The standard InChI is InChI=1S/C12H18O6/c1-7-10(5-13)18-12(6-14,16-4)8(2)11(7)17-9(3)15/h5-8,10-11H,1-4H3/t7-,8-,10+,11-,12-/m0/s1. The Kier molecular flexibility index (Phi) is 4.59. The van der Waals surface area contributed by atoms with E-state index in [2.05, 4.69) is 0 Å². The van der Waals surface area contributed by atoms with Crippen molar-refractivity contribution in [2.75, 3.05) is 7.11 Å². The quantitative estimate of drug-likeness (QED) is 0.534. The van der Waals surface area contributed by atoms with Crippen LogP contribution in [0.5, 0.6) is 0 Å². The van der Waals surface area contributed by atoms with Crippen molar-refractivity contribution in [1.82, 2.24) is 0 Å². The highest BCUT2D eigenvalue weighted by Crippen LogP contribution is 2.38. The molecular weight excluding hydrogens is 240 g/mol. The molecule has 0 aromatic carbocycles. The van der Waals surface area contributed by atoms with Gasteiger partial charge in [0, 0.05) is 20.0 Å². The summed E-state index contributed by atoms with van der Waals surface area (Å²) in [6.45, 7) is 4.69. The van der Waals surface area contributed by atoms with Crippen LogP contribution in [-0.2, 0) is 28.6 Å². The van der Waals surface area contributed by atoms with Crippen molar-refractivity contribution in [3.8, 4) is 0 Å². The zero-order valence-corrected chi connectivity index (χ0v) is 10.9. The van der Waals surface area contributed by atoms with Gasteiger partial charge in [0.25, 0.3) is 0 Å². The summed E-state index contributed by atoms with van der Waals surface area (Å²) in [5.41, 5.74) is 0. The lowest BCUT2D eigenvalue weighted by atomic mass is 9.81. The highest BCUT2D eigenvalue weighted by molar-refractivity contribution is 5.68. The fourth-order valence-corrected chi connectivity index (χ4v) is 2.27. The molecule has 1 saturated heterocycles. The van der Waals surface area contributed by atoms with E-state index in [0.29, 0.717) is 12.6 Å². The SMILES string of the molecule is CO[C@@]1(C=O)O[C@H](C=O)[C@H](C)[C@H](OC(C)=O)[C@@H]1C. The van der Waals surface area contributed by atoms with Crippen LogP contribution in [-0.4, -0.2) is 43.6 Å². The van der Waals surface area contributed by atoms with Gasteiger partial charge in [-0.15, -0.1) is 0 Å². The first-order valence-electron chi connectivity index (χ1n) is 5.73. The molecule has 5 atom stereocenters. The third kappa shape index (κ3) is 2.44. The zero-order chi connectivity index (χ0) is 13.9. The van der Waals surface area contributed by atoms with Gasteiger partial charge in [0.2, 0.25) is 5.79 Å². The van der Waals surface area contributed by atoms with Gasteiger partial charge in [-0.05, 0) is 0 Å². The van der Waals surface area contributed by atoms with E-state index in [9.17, 15) is 14.4 Å². The minimum absolute atomic E-state index is 0.343. The Hall–Kier alpha value is -1.27. The summed E-state index contributed by atoms with van der Waals surface area (Å²) in [6, 6.07) is 0. The fourth-order valence-electron chi connectivity index (χ4n) is 2.27. The lowest BCUT2D eigenvalue weighted by molar-refractivity contribution is -0.295. The average molecular weight is 258 g/mol. The minimum atomic E-state index is -1.56. The molecule has 0 bridgehead atoms. The monoisotopic (exact) mass is 258 g/mol. The third-order valence-electron chi connectivity index (χ3n) is 3.40. The maximum Gasteiger partial charge on any atom is 0.302 e. The fraction of sp³-hybridized carbons (Fsp3) is 0.750. The number of aldehydes is 2. The number of rotatable bonds is 4. The number of esters is 1. The number of carbonyl (C=O) groups is 3. The van der Waals surface area contributed by atoms with Crippen LogP contribution in [0.15, 0.2) is 0 Å². The molecule has 0 unspecified atom stereocenters. The van der Waals surface area contributed by atoms with Gasteiger partial charge in [0.05, 0.1) is 5.92 Å². The first kappa shape index (κ1) is 14.8. The molecule has 0 saturated carbocycles. The van der Waals surface area contributed by atoms with Crippen LogP contribution in [0.1, 0.15) is 20.8 Å². The summed E-state index contributed by atoms with van der Waals surface area (Å²) >= 11 is 0. The molecule has 6 nitrogen and oxygen atoms in total. The van der Waals surface area contributed by atoms with Crippen LogP contribution >= 0.6 is 0 Å². The molecule has 0 amide bonds. The van der Waals surface area contributed by atoms with E-state index < -0.39 is 29.9 Å². The van der Waals surface area contributed by atoms with Crippen molar-refractivity contribution in [3.05, 3.63) is 0 Å². The lowest BCUT2D eigenvalue weighted by Gasteiger charge is -2.46. The first-order chi connectivity index (χ1) is 8.41. The Morgan fingerprint density at radius 1 is 1.33 bits per heavy atom. The summed E-state index contributed by atoms with van der Waals surface area (Å²) in [6.07, 6.45) is -0.381. The van der Waals surface area contributed by atoms with Gasteiger partial charge in [0.1, 0.15) is 18.5 Å². The van der Waals surface area contributed by atoms with E-state index in [1.54, 1.807) is 13.8 Å². The molecule has 1 rings (SSSR count). The molecule has 6 heteroatoms. The number of hydrogen-bond donors (Lipinski definition) is 0.